The van der Waals surface area contributed by atoms with Crippen molar-refractivity contribution in [3.8, 4) is 5.75 Å². The molecule has 6 nitrogen and oxygen atoms in total. The van der Waals surface area contributed by atoms with Gasteiger partial charge < -0.3 is 15.7 Å². The monoisotopic (exact) mass is 423 g/mol. The Balaban J connectivity index is 2.19. The number of carbonyl (C=O) groups excluding carboxylic acids is 1. The van der Waals surface area contributed by atoms with E-state index in [9.17, 15) is 18.0 Å². The zero-order valence-corrected chi connectivity index (χ0v) is 14.9. The molecule has 1 fully saturated rings. The topological polar surface area (TPSA) is 97.8 Å². The maximum Gasteiger partial charge on any atom is 0.422 e. The van der Waals surface area contributed by atoms with Crippen LogP contribution in [-0.2, 0) is 0 Å². The summed E-state index contributed by atoms with van der Waals surface area (Å²) < 4.78 is 41.8. The lowest BCUT2D eigenvalue weighted by atomic mass is 9.78. The Hall–Kier alpha value is -1.84. The predicted octanol–water partition coefficient (Wildman–Crippen LogP) is 3.52. The molecule has 3 N–H and O–H groups in total. The Bertz CT molecular complexity index is 692. The number of hydrogen-bond donors (Lipinski definition) is 2. The molecule has 10 heteroatoms. The molecule has 1 aromatic rings. The average Bonchev–Trinajstić information content (AvgIpc) is 3.37. The summed E-state index contributed by atoms with van der Waals surface area (Å²) >= 11 is 3.04. The quantitative estimate of drug-likeness (QED) is 0.230. The van der Waals surface area contributed by atoms with E-state index in [0.29, 0.717) is 0 Å². The summed E-state index contributed by atoms with van der Waals surface area (Å²) in [6.45, 7) is 0.241. The highest BCUT2D eigenvalue weighted by atomic mass is 79.9. The third-order valence-electron chi connectivity index (χ3n) is 4.20. The molecular weight excluding hydrogens is 407 g/mol. The van der Waals surface area contributed by atoms with Crippen LogP contribution in [0.25, 0.3) is 0 Å². The van der Waals surface area contributed by atoms with Gasteiger partial charge in [-0.1, -0.05) is 12.1 Å². The number of Topliss-reactive ketones (excluding diaryl/α,β-unsaturated/α-hetero) is 1. The molecule has 0 amide bonds. The highest BCUT2D eigenvalue weighted by Gasteiger charge is 2.46. The van der Waals surface area contributed by atoms with Crippen molar-refractivity contribution in [2.24, 2.45) is 22.2 Å². The van der Waals surface area contributed by atoms with E-state index in [1.165, 1.54) is 6.20 Å². The standard InChI is InChI=1S/C15H17BrF3N3O3/c1-14(8-2-3-8,13(20)22-24)5-11(23)10-4-12(9(16)6-21-10)25-7-15(17,18)19/h4,6,8,24H,2-3,5,7H2,1H3,(H2,20,22). The van der Waals surface area contributed by atoms with Gasteiger partial charge in [-0.05, 0) is 34.7 Å². The second-order valence-corrected chi connectivity index (χ2v) is 7.04. The fourth-order valence-electron chi connectivity index (χ4n) is 2.55. The van der Waals surface area contributed by atoms with Gasteiger partial charge in [0.25, 0.3) is 0 Å². The Morgan fingerprint density at radius 2 is 2.16 bits per heavy atom. The average molecular weight is 424 g/mol. The first-order chi connectivity index (χ1) is 11.6. The number of nitrogens with zero attached hydrogens (tertiary/aromatic N) is 2. The summed E-state index contributed by atoms with van der Waals surface area (Å²) in [4.78, 5) is 16.5. The summed E-state index contributed by atoms with van der Waals surface area (Å²) in [5, 5.41) is 12.0. The molecular formula is C15H17BrF3N3O3. The van der Waals surface area contributed by atoms with E-state index in [-0.39, 0.29) is 34.1 Å². The van der Waals surface area contributed by atoms with Gasteiger partial charge in [-0.3, -0.25) is 9.78 Å². The number of ether oxygens (including phenoxy) is 1. The number of carbonyl (C=O) groups is 1. The molecule has 0 bridgehead atoms. The fourth-order valence-corrected chi connectivity index (χ4v) is 2.88. The third-order valence-corrected chi connectivity index (χ3v) is 4.79. The largest absolute Gasteiger partial charge is 0.483 e. The van der Waals surface area contributed by atoms with E-state index in [4.69, 9.17) is 15.7 Å². The predicted molar refractivity (Wildman–Crippen MR) is 86.7 cm³/mol. The van der Waals surface area contributed by atoms with E-state index in [2.05, 4.69) is 26.1 Å². The van der Waals surface area contributed by atoms with Crippen LogP contribution in [0.2, 0.25) is 0 Å². The molecule has 0 aromatic carbocycles. The minimum Gasteiger partial charge on any atom is -0.483 e. The van der Waals surface area contributed by atoms with E-state index in [0.717, 1.165) is 18.9 Å². The van der Waals surface area contributed by atoms with Crippen LogP contribution in [0, 0.1) is 11.3 Å². The molecule has 1 unspecified atom stereocenters. The van der Waals surface area contributed by atoms with Crippen molar-refractivity contribution in [2.45, 2.75) is 32.4 Å². The molecule has 1 aromatic heterocycles. The molecule has 1 aliphatic carbocycles. The van der Waals surface area contributed by atoms with E-state index >= 15 is 0 Å². The van der Waals surface area contributed by atoms with Crippen LogP contribution in [0.1, 0.15) is 36.7 Å². The van der Waals surface area contributed by atoms with Crippen molar-refractivity contribution in [1.29, 1.82) is 0 Å². The minimum atomic E-state index is -4.50. The van der Waals surface area contributed by atoms with Gasteiger partial charge in [-0.2, -0.15) is 13.2 Å². The van der Waals surface area contributed by atoms with E-state index in [1.54, 1.807) is 6.92 Å². The molecule has 25 heavy (non-hydrogen) atoms. The first kappa shape index (κ1) is 19.5. The number of hydrogen-bond acceptors (Lipinski definition) is 5. The van der Waals surface area contributed by atoms with Crippen LogP contribution in [-0.4, -0.2) is 34.6 Å². The van der Waals surface area contributed by atoms with Crippen LogP contribution >= 0.6 is 15.9 Å². The molecule has 138 valence electrons. The molecule has 2 rings (SSSR count). The van der Waals surface area contributed by atoms with Gasteiger partial charge in [-0.25, -0.2) is 0 Å². The van der Waals surface area contributed by atoms with Crippen LogP contribution in [0.5, 0.6) is 5.75 Å². The summed E-state index contributed by atoms with van der Waals surface area (Å²) in [6, 6.07) is 1.15. The van der Waals surface area contributed by atoms with Crippen molar-refractivity contribution < 1.29 is 27.9 Å². The number of nitrogens with two attached hydrogens (primary N) is 1. The maximum atomic E-state index is 12.5. The number of pyridine rings is 1. The van der Waals surface area contributed by atoms with Crippen molar-refractivity contribution >= 4 is 27.5 Å². The molecule has 1 saturated carbocycles. The van der Waals surface area contributed by atoms with Gasteiger partial charge in [0, 0.05) is 24.1 Å². The van der Waals surface area contributed by atoms with Crippen LogP contribution in [0.4, 0.5) is 13.2 Å². The molecule has 0 saturated heterocycles. The van der Waals surface area contributed by atoms with Gasteiger partial charge in [0.2, 0.25) is 0 Å². The first-order valence-corrected chi connectivity index (χ1v) is 8.22. The Morgan fingerprint density at radius 1 is 1.52 bits per heavy atom. The third kappa shape index (κ3) is 4.83. The SMILES string of the molecule is CC(CC(=O)c1cc(OCC(F)(F)F)c(Br)cn1)(/C(N)=N/O)C1CC1. The van der Waals surface area contributed by atoms with Gasteiger partial charge in [0.15, 0.2) is 12.4 Å². The highest BCUT2D eigenvalue weighted by molar-refractivity contribution is 9.10. The summed E-state index contributed by atoms with van der Waals surface area (Å²) in [6.07, 6.45) is -1.65. The summed E-state index contributed by atoms with van der Waals surface area (Å²) in [7, 11) is 0. The summed E-state index contributed by atoms with van der Waals surface area (Å²) in [5.74, 6) is -0.490. The molecule has 1 heterocycles. The second kappa shape index (κ2) is 7.19. The van der Waals surface area contributed by atoms with Crippen molar-refractivity contribution in [1.82, 2.24) is 4.98 Å². The van der Waals surface area contributed by atoms with Crippen LogP contribution in [0.15, 0.2) is 21.9 Å². The number of aromatic nitrogens is 1. The van der Waals surface area contributed by atoms with Gasteiger partial charge in [-0.15, -0.1) is 0 Å². The van der Waals surface area contributed by atoms with E-state index < -0.39 is 24.0 Å². The zero-order valence-electron chi connectivity index (χ0n) is 13.3. The molecule has 0 radical (unpaired) electrons. The number of alkyl halides is 3. The fraction of sp³-hybridized carbons (Fsp3) is 0.533. The van der Waals surface area contributed by atoms with Crippen molar-refractivity contribution in [2.75, 3.05) is 6.61 Å². The van der Waals surface area contributed by atoms with Crippen molar-refractivity contribution in [3.05, 3.63) is 22.4 Å². The lowest BCUT2D eigenvalue weighted by molar-refractivity contribution is -0.153. The Kier molecular flexibility index (Phi) is 5.60. The zero-order chi connectivity index (χ0) is 18.8. The van der Waals surface area contributed by atoms with Gasteiger partial charge in [0.1, 0.15) is 17.3 Å². The molecule has 1 aliphatic rings. The molecule has 0 aliphatic heterocycles. The Labute approximate surface area is 150 Å². The number of halogens is 4. The normalized spacial score (nSPS) is 17.9. The maximum absolute atomic E-state index is 12.5. The minimum absolute atomic E-state index is 0.0435. The summed E-state index contributed by atoms with van der Waals surface area (Å²) in [5.41, 5.74) is 4.87. The van der Waals surface area contributed by atoms with Gasteiger partial charge >= 0.3 is 6.18 Å². The molecule has 0 spiro atoms. The second-order valence-electron chi connectivity index (χ2n) is 6.18. The Morgan fingerprint density at radius 3 is 2.68 bits per heavy atom. The number of rotatable bonds is 7. The lowest BCUT2D eigenvalue weighted by Gasteiger charge is -2.27. The number of ketones is 1. The van der Waals surface area contributed by atoms with Crippen LogP contribution in [0.3, 0.4) is 0 Å². The highest BCUT2D eigenvalue weighted by Crippen LogP contribution is 2.48. The van der Waals surface area contributed by atoms with Crippen LogP contribution < -0.4 is 10.5 Å². The first-order valence-electron chi connectivity index (χ1n) is 7.43. The lowest BCUT2D eigenvalue weighted by Crippen LogP contribution is -2.38. The van der Waals surface area contributed by atoms with Crippen molar-refractivity contribution in [3.63, 3.8) is 0 Å². The number of amidine groups is 1. The van der Waals surface area contributed by atoms with E-state index in [1.807, 2.05) is 0 Å². The smallest absolute Gasteiger partial charge is 0.422 e. The van der Waals surface area contributed by atoms with Gasteiger partial charge in [0.05, 0.1) is 4.47 Å². The number of oxime groups is 1. The molecule has 1 atom stereocenters.